The van der Waals surface area contributed by atoms with Crippen molar-refractivity contribution in [2.75, 3.05) is 10.2 Å². The number of benzene rings is 2. The van der Waals surface area contributed by atoms with Crippen LogP contribution in [0, 0.1) is 12.8 Å². The fourth-order valence-electron chi connectivity index (χ4n) is 2.88. The second-order valence-corrected chi connectivity index (χ2v) is 6.64. The van der Waals surface area contributed by atoms with Crippen LogP contribution in [-0.4, -0.2) is 17.7 Å². The van der Waals surface area contributed by atoms with Gasteiger partial charge in [0.1, 0.15) is 0 Å². The fourth-order valence-corrected chi connectivity index (χ4v) is 2.88. The van der Waals surface area contributed by atoms with Gasteiger partial charge in [0.15, 0.2) is 0 Å². The lowest BCUT2D eigenvalue weighted by atomic mass is 10.1. The zero-order valence-corrected chi connectivity index (χ0v) is 14.5. The number of rotatable bonds is 4. The SMILES string of the molecule is Cc1ccc(N2C(=O)c3ccccc3C2=O)cc1NC(=O)CC(C)C. The predicted octanol–water partition coefficient (Wildman–Crippen LogP) is 3.78. The van der Waals surface area contributed by atoms with Gasteiger partial charge < -0.3 is 5.32 Å². The van der Waals surface area contributed by atoms with Crippen molar-refractivity contribution in [3.8, 4) is 0 Å². The van der Waals surface area contributed by atoms with Gasteiger partial charge in [0.05, 0.1) is 16.8 Å². The van der Waals surface area contributed by atoms with Gasteiger partial charge in [-0.25, -0.2) is 4.90 Å². The first-order chi connectivity index (χ1) is 11.9. The van der Waals surface area contributed by atoms with E-state index in [1.807, 2.05) is 20.8 Å². The van der Waals surface area contributed by atoms with Crippen molar-refractivity contribution >= 4 is 29.1 Å². The maximum Gasteiger partial charge on any atom is 0.266 e. The molecule has 0 aliphatic carbocycles. The van der Waals surface area contributed by atoms with Crippen LogP contribution >= 0.6 is 0 Å². The standard InChI is InChI=1S/C20H20N2O3/c1-12(2)10-18(23)21-17-11-14(9-8-13(17)3)22-19(24)15-6-4-5-7-16(15)20(22)25/h4-9,11-12H,10H2,1-3H3,(H,21,23). The van der Waals surface area contributed by atoms with Gasteiger partial charge in [-0.3, -0.25) is 14.4 Å². The van der Waals surface area contributed by atoms with Gasteiger partial charge in [0.2, 0.25) is 5.91 Å². The molecule has 1 heterocycles. The van der Waals surface area contributed by atoms with Crippen molar-refractivity contribution in [3.05, 3.63) is 59.2 Å². The van der Waals surface area contributed by atoms with Crippen molar-refractivity contribution in [2.24, 2.45) is 5.92 Å². The summed E-state index contributed by atoms with van der Waals surface area (Å²) in [5, 5.41) is 2.87. The van der Waals surface area contributed by atoms with E-state index in [1.165, 1.54) is 0 Å². The lowest BCUT2D eigenvalue weighted by Crippen LogP contribution is -2.29. The lowest BCUT2D eigenvalue weighted by Gasteiger charge is -2.17. The maximum atomic E-state index is 12.6. The van der Waals surface area contributed by atoms with E-state index in [0.29, 0.717) is 28.9 Å². The number of fused-ring (bicyclic) bond motifs is 1. The van der Waals surface area contributed by atoms with Crippen LogP contribution < -0.4 is 10.2 Å². The number of carbonyl (C=O) groups excluding carboxylic acids is 3. The Hall–Kier alpha value is -2.95. The molecule has 3 rings (SSSR count). The van der Waals surface area contributed by atoms with E-state index < -0.39 is 0 Å². The molecule has 0 fully saturated rings. The Bertz CT molecular complexity index is 836. The van der Waals surface area contributed by atoms with Crippen molar-refractivity contribution in [3.63, 3.8) is 0 Å². The molecule has 3 amide bonds. The van der Waals surface area contributed by atoms with Gasteiger partial charge >= 0.3 is 0 Å². The highest BCUT2D eigenvalue weighted by molar-refractivity contribution is 6.34. The number of hydrogen-bond donors (Lipinski definition) is 1. The Kier molecular flexibility index (Phi) is 4.40. The highest BCUT2D eigenvalue weighted by Gasteiger charge is 2.36. The minimum Gasteiger partial charge on any atom is -0.326 e. The van der Waals surface area contributed by atoms with Crippen LogP contribution in [0.25, 0.3) is 0 Å². The number of nitrogens with one attached hydrogen (secondary N) is 1. The van der Waals surface area contributed by atoms with Crippen LogP contribution in [0.2, 0.25) is 0 Å². The number of anilines is 2. The van der Waals surface area contributed by atoms with Gasteiger partial charge in [-0.05, 0) is 42.7 Å². The lowest BCUT2D eigenvalue weighted by molar-refractivity contribution is -0.116. The highest BCUT2D eigenvalue weighted by atomic mass is 16.2. The Labute approximate surface area is 146 Å². The van der Waals surface area contributed by atoms with Crippen LogP contribution in [0.15, 0.2) is 42.5 Å². The molecule has 0 spiro atoms. The Morgan fingerprint density at radius 3 is 2.20 bits per heavy atom. The fraction of sp³-hybridized carbons (Fsp3) is 0.250. The summed E-state index contributed by atoms with van der Waals surface area (Å²) in [7, 11) is 0. The highest BCUT2D eigenvalue weighted by Crippen LogP contribution is 2.31. The van der Waals surface area contributed by atoms with Gasteiger partial charge in [0.25, 0.3) is 11.8 Å². The average molecular weight is 336 g/mol. The third-order valence-corrected chi connectivity index (χ3v) is 4.14. The van der Waals surface area contributed by atoms with E-state index >= 15 is 0 Å². The van der Waals surface area contributed by atoms with Gasteiger partial charge in [-0.15, -0.1) is 0 Å². The van der Waals surface area contributed by atoms with E-state index in [2.05, 4.69) is 5.32 Å². The Balaban J connectivity index is 1.92. The normalized spacial score (nSPS) is 13.4. The molecule has 2 aromatic rings. The summed E-state index contributed by atoms with van der Waals surface area (Å²) >= 11 is 0. The van der Waals surface area contributed by atoms with Gasteiger partial charge in [0, 0.05) is 12.1 Å². The van der Waals surface area contributed by atoms with E-state index in [0.717, 1.165) is 10.5 Å². The number of aryl methyl sites for hydroxylation is 1. The molecule has 0 saturated carbocycles. The van der Waals surface area contributed by atoms with E-state index in [1.54, 1.807) is 42.5 Å². The van der Waals surface area contributed by atoms with E-state index in [9.17, 15) is 14.4 Å². The number of amides is 3. The Morgan fingerprint density at radius 2 is 1.64 bits per heavy atom. The van der Waals surface area contributed by atoms with Crippen molar-refractivity contribution in [2.45, 2.75) is 27.2 Å². The molecule has 0 bridgehead atoms. The molecule has 0 aromatic heterocycles. The molecule has 0 unspecified atom stereocenters. The summed E-state index contributed by atoms with van der Waals surface area (Å²) in [5.74, 6) is -0.523. The van der Waals surface area contributed by atoms with Crippen LogP contribution in [0.1, 0.15) is 46.5 Å². The zero-order valence-electron chi connectivity index (χ0n) is 14.5. The quantitative estimate of drug-likeness (QED) is 0.864. The average Bonchev–Trinajstić information content (AvgIpc) is 2.81. The van der Waals surface area contributed by atoms with E-state index in [4.69, 9.17) is 0 Å². The number of hydrogen-bond acceptors (Lipinski definition) is 3. The van der Waals surface area contributed by atoms with Crippen LogP contribution in [0.3, 0.4) is 0 Å². The van der Waals surface area contributed by atoms with Crippen molar-refractivity contribution < 1.29 is 14.4 Å². The Morgan fingerprint density at radius 1 is 1.04 bits per heavy atom. The first-order valence-corrected chi connectivity index (χ1v) is 8.27. The van der Waals surface area contributed by atoms with Gasteiger partial charge in [-0.2, -0.15) is 0 Å². The molecular formula is C20H20N2O3. The first kappa shape index (κ1) is 16.9. The number of carbonyl (C=O) groups is 3. The molecule has 2 aromatic carbocycles. The van der Waals surface area contributed by atoms with Crippen LogP contribution in [0.4, 0.5) is 11.4 Å². The first-order valence-electron chi connectivity index (χ1n) is 8.27. The molecule has 5 nitrogen and oxygen atoms in total. The summed E-state index contributed by atoms with van der Waals surface area (Å²) in [4.78, 5) is 38.4. The number of nitrogens with zero attached hydrogens (tertiary/aromatic N) is 1. The summed E-state index contributed by atoms with van der Waals surface area (Å²) < 4.78 is 0. The molecule has 5 heteroatoms. The molecule has 128 valence electrons. The summed E-state index contributed by atoms with van der Waals surface area (Å²) in [5.41, 5.74) is 2.74. The van der Waals surface area contributed by atoms with Crippen molar-refractivity contribution in [1.29, 1.82) is 0 Å². The maximum absolute atomic E-state index is 12.6. The molecule has 1 aliphatic heterocycles. The smallest absolute Gasteiger partial charge is 0.266 e. The summed E-state index contributed by atoms with van der Waals surface area (Å²) in [6.45, 7) is 5.82. The second kappa shape index (κ2) is 6.51. The van der Waals surface area contributed by atoms with Crippen molar-refractivity contribution in [1.82, 2.24) is 0 Å². The molecule has 0 saturated heterocycles. The van der Waals surface area contributed by atoms with Crippen LogP contribution in [0.5, 0.6) is 0 Å². The second-order valence-electron chi connectivity index (χ2n) is 6.64. The molecular weight excluding hydrogens is 316 g/mol. The molecule has 1 N–H and O–H groups in total. The summed E-state index contributed by atoms with van der Waals surface area (Å²) in [6.07, 6.45) is 0.413. The minimum absolute atomic E-state index is 0.0855. The zero-order chi connectivity index (χ0) is 18.1. The third kappa shape index (κ3) is 3.18. The largest absolute Gasteiger partial charge is 0.326 e. The third-order valence-electron chi connectivity index (χ3n) is 4.14. The number of imide groups is 1. The molecule has 0 atom stereocenters. The van der Waals surface area contributed by atoms with Crippen LogP contribution in [-0.2, 0) is 4.79 Å². The topological polar surface area (TPSA) is 66.5 Å². The predicted molar refractivity (Wildman–Crippen MR) is 96.8 cm³/mol. The molecule has 0 radical (unpaired) electrons. The summed E-state index contributed by atoms with van der Waals surface area (Å²) in [6, 6.07) is 12.0. The minimum atomic E-state index is -0.344. The molecule has 25 heavy (non-hydrogen) atoms. The van der Waals surface area contributed by atoms with Gasteiger partial charge in [-0.1, -0.05) is 32.0 Å². The molecule has 1 aliphatic rings. The van der Waals surface area contributed by atoms with E-state index in [-0.39, 0.29) is 23.6 Å². The monoisotopic (exact) mass is 336 g/mol.